The summed E-state index contributed by atoms with van der Waals surface area (Å²) in [6.07, 6.45) is 0. The first kappa shape index (κ1) is 11.8. The maximum atomic E-state index is 13.5. The minimum atomic E-state index is -1.06. The molecule has 1 heterocycles. The van der Waals surface area contributed by atoms with Crippen LogP contribution in [0.4, 0.5) is 4.39 Å². The van der Waals surface area contributed by atoms with Gasteiger partial charge in [0.05, 0.1) is 4.70 Å². The average Bonchev–Trinajstić information content (AvgIpc) is 2.64. The third kappa shape index (κ3) is 1.73. The molecule has 0 aliphatic rings. The van der Waals surface area contributed by atoms with E-state index < -0.39 is 11.8 Å². The Balaban J connectivity index is 2.92. The van der Waals surface area contributed by atoms with Gasteiger partial charge in [-0.1, -0.05) is 27.5 Å². The van der Waals surface area contributed by atoms with Crippen molar-refractivity contribution in [3.63, 3.8) is 0 Å². The van der Waals surface area contributed by atoms with Gasteiger partial charge in [-0.2, -0.15) is 0 Å². The molecule has 0 aliphatic carbocycles. The van der Waals surface area contributed by atoms with Crippen LogP contribution in [0.1, 0.15) is 15.2 Å². The molecule has 2 aromatic rings. The van der Waals surface area contributed by atoms with Gasteiger partial charge in [-0.3, -0.25) is 0 Å². The highest BCUT2D eigenvalue weighted by Crippen LogP contribution is 2.38. The van der Waals surface area contributed by atoms with Gasteiger partial charge in [0.15, 0.2) is 0 Å². The maximum Gasteiger partial charge on any atom is 0.346 e. The molecule has 84 valence electrons. The molecule has 0 saturated carbocycles. The number of halogens is 3. The number of rotatable bonds is 2. The van der Waals surface area contributed by atoms with E-state index >= 15 is 0 Å². The Kier molecular flexibility index (Phi) is 3.19. The summed E-state index contributed by atoms with van der Waals surface area (Å²) in [6, 6.07) is 2.68. The molecule has 2 rings (SSSR count). The molecular formula is C10H5BrClFO2S. The molecule has 0 radical (unpaired) electrons. The van der Waals surface area contributed by atoms with Gasteiger partial charge in [-0.15, -0.1) is 11.3 Å². The zero-order chi connectivity index (χ0) is 11.9. The van der Waals surface area contributed by atoms with Crippen LogP contribution < -0.4 is 0 Å². The minimum absolute atomic E-state index is 0.124. The van der Waals surface area contributed by atoms with Crippen LogP contribution in [0.15, 0.2) is 12.1 Å². The lowest BCUT2D eigenvalue weighted by molar-refractivity contribution is 0.0701. The zero-order valence-corrected chi connectivity index (χ0v) is 10.9. The fraction of sp³-hybridized carbons (Fsp3) is 0.100. The second-order valence-electron chi connectivity index (χ2n) is 3.08. The first-order chi connectivity index (χ1) is 7.56. The molecule has 0 saturated heterocycles. The molecule has 1 N–H and O–H groups in total. The van der Waals surface area contributed by atoms with Crippen LogP contribution in [-0.2, 0) is 5.33 Å². The van der Waals surface area contributed by atoms with Gasteiger partial charge in [0.1, 0.15) is 10.7 Å². The SMILES string of the molecule is O=C(O)c1sc2c(F)ccc(Cl)c2c1CBr. The molecule has 1 aromatic carbocycles. The lowest BCUT2D eigenvalue weighted by Gasteiger charge is -1.98. The van der Waals surface area contributed by atoms with Crippen LogP contribution >= 0.6 is 38.9 Å². The Morgan fingerprint density at radius 1 is 1.56 bits per heavy atom. The molecule has 0 aliphatic heterocycles. The Hall–Kier alpha value is -0.650. The average molecular weight is 324 g/mol. The number of thiophene rings is 1. The van der Waals surface area contributed by atoms with Crippen molar-refractivity contribution in [1.29, 1.82) is 0 Å². The summed E-state index contributed by atoms with van der Waals surface area (Å²) in [7, 11) is 0. The van der Waals surface area contributed by atoms with Crippen LogP contribution in [0.3, 0.4) is 0 Å². The third-order valence-electron chi connectivity index (χ3n) is 2.17. The molecule has 16 heavy (non-hydrogen) atoms. The van der Waals surface area contributed by atoms with E-state index in [2.05, 4.69) is 15.9 Å². The van der Waals surface area contributed by atoms with E-state index in [4.69, 9.17) is 16.7 Å². The molecule has 0 bridgehead atoms. The Bertz CT molecular complexity index is 582. The highest BCUT2D eigenvalue weighted by molar-refractivity contribution is 9.08. The number of hydrogen-bond donors (Lipinski definition) is 1. The predicted octanol–water partition coefficient (Wildman–Crippen LogP) is 4.29. The minimum Gasteiger partial charge on any atom is -0.477 e. The lowest BCUT2D eigenvalue weighted by atomic mass is 10.1. The zero-order valence-electron chi connectivity index (χ0n) is 7.76. The van der Waals surface area contributed by atoms with Gasteiger partial charge < -0.3 is 5.11 Å². The third-order valence-corrected chi connectivity index (χ3v) is 4.27. The number of carbonyl (C=O) groups is 1. The normalized spacial score (nSPS) is 10.9. The molecular weight excluding hydrogens is 319 g/mol. The summed E-state index contributed by atoms with van der Waals surface area (Å²) >= 11 is 10.1. The van der Waals surface area contributed by atoms with Gasteiger partial charge >= 0.3 is 5.97 Å². The van der Waals surface area contributed by atoms with Crippen molar-refractivity contribution in [2.24, 2.45) is 0 Å². The highest BCUT2D eigenvalue weighted by atomic mass is 79.9. The Morgan fingerprint density at radius 3 is 2.81 bits per heavy atom. The molecule has 0 amide bonds. The molecule has 0 unspecified atom stereocenters. The standard InChI is InChI=1S/C10H5BrClFO2S/c11-3-4-7-5(12)1-2-6(13)9(7)16-8(4)10(14)15/h1-2H,3H2,(H,14,15). The van der Waals surface area contributed by atoms with E-state index in [-0.39, 0.29) is 4.88 Å². The fourth-order valence-electron chi connectivity index (χ4n) is 1.49. The maximum absolute atomic E-state index is 13.5. The van der Waals surface area contributed by atoms with Crippen molar-refractivity contribution in [3.8, 4) is 0 Å². The molecule has 1 aromatic heterocycles. The number of aromatic carboxylic acids is 1. The Labute approximate surface area is 108 Å². The summed E-state index contributed by atoms with van der Waals surface area (Å²) in [6.45, 7) is 0. The number of carboxylic acids is 1. The van der Waals surface area contributed by atoms with Crippen molar-refractivity contribution >= 4 is 54.9 Å². The molecule has 6 heteroatoms. The first-order valence-electron chi connectivity index (χ1n) is 4.25. The van der Waals surface area contributed by atoms with E-state index in [1.165, 1.54) is 12.1 Å². The van der Waals surface area contributed by atoms with Crippen molar-refractivity contribution in [1.82, 2.24) is 0 Å². The number of fused-ring (bicyclic) bond motifs is 1. The first-order valence-corrected chi connectivity index (χ1v) is 6.56. The topological polar surface area (TPSA) is 37.3 Å². The lowest BCUT2D eigenvalue weighted by Crippen LogP contribution is -1.95. The van der Waals surface area contributed by atoms with E-state index in [0.717, 1.165) is 11.3 Å². The number of alkyl halides is 1. The monoisotopic (exact) mass is 322 g/mol. The number of carboxylic acid groups (broad SMARTS) is 1. The van der Waals surface area contributed by atoms with Crippen LogP contribution in [0.5, 0.6) is 0 Å². The summed E-state index contributed by atoms with van der Waals surface area (Å²) < 4.78 is 13.8. The quantitative estimate of drug-likeness (QED) is 0.837. The molecule has 0 spiro atoms. The second kappa shape index (κ2) is 4.31. The van der Waals surface area contributed by atoms with Crippen molar-refractivity contribution in [3.05, 3.63) is 33.4 Å². The van der Waals surface area contributed by atoms with Crippen molar-refractivity contribution < 1.29 is 14.3 Å². The van der Waals surface area contributed by atoms with Crippen LogP contribution in [-0.4, -0.2) is 11.1 Å². The van der Waals surface area contributed by atoms with Gasteiger partial charge in [0.25, 0.3) is 0 Å². The summed E-state index contributed by atoms with van der Waals surface area (Å²) in [4.78, 5) is 11.1. The van der Waals surface area contributed by atoms with E-state index in [1.807, 2.05) is 0 Å². The van der Waals surface area contributed by atoms with Crippen LogP contribution in [0.25, 0.3) is 10.1 Å². The predicted molar refractivity (Wildman–Crippen MR) is 66.4 cm³/mol. The van der Waals surface area contributed by atoms with Gasteiger partial charge in [0.2, 0.25) is 0 Å². The number of benzene rings is 1. The van der Waals surface area contributed by atoms with E-state index in [9.17, 15) is 9.18 Å². The summed E-state index contributed by atoms with van der Waals surface area (Å²) in [5.41, 5.74) is 0.525. The van der Waals surface area contributed by atoms with Crippen molar-refractivity contribution in [2.75, 3.05) is 0 Å². The van der Waals surface area contributed by atoms with Gasteiger partial charge in [-0.25, -0.2) is 9.18 Å². The Morgan fingerprint density at radius 2 is 2.25 bits per heavy atom. The van der Waals surface area contributed by atoms with Crippen molar-refractivity contribution in [2.45, 2.75) is 5.33 Å². The molecule has 0 fully saturated rings. The summed E-state index contributed by atoms with van der Waals surface area (Å²) in [5.74, 6) is -1.51. The smallest absolute Gasteiger partial charge is 0.346 e. The van der Waals surface area contributed by atoms with Crippen LogP contribution in [0, 0.1) is 5.82 Å². The molecule has 0 atom stereocenters. The highest BCUT2D eigenvalue weighted by Gasteiger charge is 2.20. The number of hydrogen-bond acceptors (Lipinski definition) is 2. The molecule has 2 nitrogen and oxygen atoms in total. The fourth-order valence-corrected chi connectivity index (χ4v) is 3.66. The van der Waals surface area contributed by atoms with Gasteiger partial charge in [-0.05, 0) is 17.7 Å². The largest absolute Gasteiger partial charge is 0.477 e. The van der Waals surface area contributed by atoms with E-state index in [1.54, 1.807) is 0 Å². The van der Waals surface area contributed by atoms with Crippen LogP contribution in [0.2, 0.25) is 5.02 Å². The van der Waals surface area contributed by atoms with E-state index in [0.29, 0.717) is 26.0 Å². The second-order valence-corrected chi connectivity index (χ2v) is 5.07. The summed E-state index contributed by atoms with van der Waals surface area (Å²) in [5, 5.41) is 10.2. The van der Waals surface area contributed by atoms with Gasteiger partial charge in [0, 0.05) is 15.7 Å².